The summed E-state index contributed by atoms with van der Waals surface area (Å²) >= 11 is 0. The van der Waals surface area contributed by atoms with Crippen LogP contribution in [0.25, 0.3) is 11.3 Å². The molecule has 1 saturated heterocycles. The molecule has 1 aromatic carbocycles. The molecule has 5 atom stereocenters. The van der Waals surface area contributed by atoms with Crippen LogP contribution in [0.1, 0.15) is 26.3 Å². The summed E-state index contributed by atoms with van der Waals surface area (Å²) in [5, 5.41) is 38.4. The summed E-state index contributed by atoms with van der Waals surface area (Å²) in [5.74, 6) is 0.330. The number of aliphatic hydroxyl groups is 3. The molecule has 1 aliphatic rings. The Bertz CT molecular complexity index is 884. The lowest BCUT2D eigenvalue weighted by molar-refractivity contribution is -0.272. The van der Waals surface area contributed by atoms with Crippen LogP contribution in [0.4, 0.5) is 0 Å². The van der Waals surface area contributed by atoms with Gasteiger partial charge < -0.3 is 34.6 Å². The highest BCUT2D eigenvalue weighted by atomic mass is 31.2. The molecule has 3 rings (SSSR count). The Morgan fingerprint density at radius 3 is 2.37 bits per heavy atom. The van der Waals surface area contributed by atoms with E-state index in [1.165, 1.54) is 0 Å². The van der Waals surface area contributed by atoms with E-state index in [1.807, 2.05) is 20.0 Å². The summed E-state index contributed by atoms with van der Waals surface area (Å²) in [6.45, 7) is 3.98. The molecule has 1 fully saturated rings. The second-order valence-corrected chi connectivity index (χ2v) is 9.29. The average molecular weight is 443 g/mol. The normalized spacial score (nSPS) is 27.4. The van der Waals surface area contributed by atoms with E-state index in [4.69, 9.17) is 19.3 Å². The van der Waals surface area contributed by atoms with Crippen molar-refractivity contribution in [1.82, 2.24) is 15.0 Å². The van der Waals surface area contributed by atoms with E-state index in [1.54, 1.807) is 28.9 Å². The maximum atomic E-state index is 11.1. The molecular formula is C18H26N3O8P. The van der Waals surface area contributed by atoms with Crippen molar-refractivity contribution >= 4 is 7.60 Å². The van der Waals surface area contributed by atoms with Crippen LogP contribution in [-0.2, 0) is 9.30 Å². The monoisotopic (exact) mass is 443 g/mol. The predicted molar refractivity (Wildman–Crippen MR) is 105 cm³/mol. The predicted octanol–water partition coefficient (Wildman–Crippen LogP) is 0.280. The van der Waals surface area contributed by atoms with Crippen molar-refractivity contribution < 1.29 is 39.1 Å². The Balaban J connectivity index is 1.68. The highest BCUT2D eigenvalue weighted by molar-refractivity contribution is 7.51. The zero-order valence-electron chi connectivity index (χ0n) is 16.5. The van der Waals surface area contributed by atoms with Crippen LogP contribution in [0.15, 0.2) is 30.5 Å². The summed E-state index contributed by atoms with van der Waals surface area (Å²) in [6, 6.07) is 6.93. The van der Waals surface area contributed by atoms with Gasteiger partial charge in [-0.25, -0.2) is 4.68 Å². The number of hydrogen-bond acceptors (Lipinski definition) is 8. The molecule has 0 unspecified atom stereocenters. The number of rotatable bonds is 7. The molecule has 1 aromatic heterocycles. The van der Waals surface area contributed by atoms with Gasteiger partial charge in [0.2, 0.25) is 6.29 Å². The highest BCUT2D eigenvalue weighted by Gasteiger charge is 2.45. The van der Waals surface area contributed by atoms with Crippen LogP contribution in [0.5, 0.6) is 5.75 Å². The molecule has 0 spiro atoms. The van der Waals surface area contributed by atoms with Crippen molar-refractivity contribution in [1.29, 1.82) is 0 Å². The third-order valence-corrected chi connectivity index (χ3v) is 5.66. The maximum absolute atomic E-state index is 11.1. The van der Waals surface area contributed by atoms with Gasteiger partial charge in [-0.15, -0.1) is 5.10 Å². The van der Waals surface area contributed by atoms with Gasteiger partial charge in [0.15, 0.2) is 0 Å². The highest BCUT2D eigenvalue weighted by Crippen LogP contribution is 2.37. The second kappa shape index (κ2) is 9.11. The first kappa shape index (κ1) is 22.8. The molecule has 0 aliphatic carbocycles. The zero-order valence-corrected chi connectivity index (χ0v) is 17.4. The fourth-order valence-corrected chi connectivity index (χ4v) is 3.64. The molecule has 0 bridgehead atoms. The standard InChI is InChI=1S/C18H26N3O8P/c1-10(2)21-9-13(19-20-21)11-3-5-12(6-4-11)28-18-17(24)16(23)15(22)14(29-18)7-8-30(25,26)27/h3-6,9-10,14-18,22-24H,7-8H2,1-2H3,(H2,25,26,27)/t14-,15-,16+,17+,18+/m1/s1. The quantitative estimate of drug-likeness (QED) is 0.375. The smallest absolute Gasteiger partial charge is 0.325 e. The minimum atomic E-state index is -4.31. The first-order chi connectivity index (χ1) is 14.0. The van der Waals surface area contributed by atoms with Crippen LogP contribution in [0.2, 0.25) is 0 Å². The Kier molecular flexibility index (Phi) is 6.93. The zero-order chi connectivity index (χ0) is 22.1. The topological polar surface area (TPSA) is 167 Å². The lowest BCUT2D eigenvalue weighted by Gasteiger charge is -2.40. The number of ether oxygens (including phenoxy) is 2. The van der Waals surface area contributed by atoms with Gasteiger partial charge >= 0.3 is 7.60 Å². The van der Waals surface area contributed by atoms with Crippen LogP contribution >= 0.6 is 7.60 Å². The largest absolute Gasteiger partial charge is 0.462 e. The van der Waals surface area contributed by atoms with Gasteiger partial charge in [0.05, 0.1) is 18.5 Å². The number of benzene rings is 1. The Labute approximate surface area is 173 Å². The van der Waals surface area contributed by atoms with E-state index in [0.29, 0.717) is 11.4 Å². The summed E-state index contributed by atoms with van der Waals surface area (Å²) in [6.07, 6.45) is -5.98. The summed E-state index contributed by atoms with van der Waals surface area (Å²) in [7, 11) is -4.31. The molecule has 0 radical (unpaired) electrons. The van der Waals surface area contributed by atoms with Crippen LogP contribution in [0, 0.1) is 0 Å². The number of aromatic nitrogens is 3. The Hall–Kier alpha value is -1.85. The maximum Gasteiger partial charge on any atom is 0.325 e. The first-order valence-corrected chi connectivity index (χ1v) is 11.3. The first-order valence-electron chi connectivity index (χ1n) is 9.48. The molecule has 1 aliphatic heterocycles. The van der Waals surface area contributed by atoms with Gasteiger partial charge in [0.25, 0.3) is 0 Å². The van der Waals surface area contributed by atoms with E-state index in [-0.39, 0.29) is 12.5 Å². The number of aliphatic hydroxyl groups excluding tert-OH is 3. The molecule has 12 heteroatoms. The molecular weight excluding hydrogens is 417 g/mol. The van der Waals surface area contributed by atoms with E-state index >= 15 is 0 Å². The SMILES string of the molecule is CC(C)n1cc(-c2ccc(O[C@H]3O[C@H](CCP(=O)(O)O)[C@@H](O)[C@H](O)[C@@H]3O)cc2)nn1. The third kappa shape index (κ3) is 5.44. The molecule has 0 saturated carbocycles. The molecule has 11 nitrogen and oxygen atoms in total. The summed E-state index contributed by atoms with van der Waals surface area (Å²) in [5.41, 5.74) is 1.48. The Morgan fingerprint density at radius 1 is 1.13 bits per heavy atom. The number of nitrogens with zero attached hydrogens (tertiary/aromatic N) is 3. The minimum absolute atomic E-state index is 0.180. The van der Waals surface area contributed by atoms with Crippen molar-refractivity contribution in [3.05, 3.63) is 30.5 Å². The van der Waals surface area contributed by atoms with Gasteiger partial charge in [-0.1, -0.05) is 5.21 Å². The lowest BCUT2D eigenvalue weighted by atomic mass is 9.97. The number of hydrogen-bond donors (Lipinski definition) is 5. The third-order valence-electron chi connectivity index (χ3n) is 4.82. The van der Waals surface area contributed by atoms with Crippen LogP contribution < -0.4 is 4.74 Å². The van der Waals surface area contributed by atoms with E-state index < -0.39 is 44.5 Å². The Morgan fingerprint density at radius 2 is 1.80 bits per heavy atom. The van der Waals surface area contributed by atoms with Gasteiger partial charge in [-0.3, -0.25) is 4.57 Å². The lowest BCUT2D eigenvalue weighted by Crippen LogP contribution is -2.59. The minimum Gasteiger partial charge on any atom is -0.462 e. The van der Waals surface area contributed by atoms with E-state index in [0.717, 1.165) is 5.56 Å². The van der Waals surface area contributed by atoms with Crippen molar-refractivity contribution in [2.24, 2.45) is 0 Å². The second-order valence-electron chi connectivity index (χ2n) is 7.51. The van der Waals surface area contributed by atoms with Crippen molar-refractivity contribution in [3.63, 3.8) is 0 Å². The van der Waals surface area contributed by atoms with Crippen LogP contribution in [-0.4, -0.2) is 77.0 Å². The van der Waals surface area contributed by atoms with Gasteiger partial charge in [0.1, 0.15) is 29.8 Å². The van der Waals surface area contributed by atoms with Crippen molar-refractivity contribution in [3.8, 4) is 17.0 Å². The fourth-order valence-electron chi connectivity index (χ4n) is 3.05. The fraction of sp³-hybridized carbons (Fsp3) is 0.556. The van der Waals surface area contributed by atoms with Gasteiger partial charge in [0, 0.05) is 11.6 Å². The molecule has 2 aromatic rings. The molecule has 30 heavy (non-hydrogen) atoms. The van der Waals surface area contributed by atoms with Crippen molar-refractivity contribution in [2.75, 3.05) is 6.16 Å². The average Bonchev–Trinajstić information content (AvgIpc) is 3.18. The molecule has 2 heterocycles. The summed E-state index contributed by atoms with van der Waals surface area (Å²) < 4.78 is 23.9. The van der Waals surface area contributed by atoms with E-state index in [9.17, 15) is 19.9 Å². The van der Waals surface area contributed by atoms with Crippen LogP contribution in [0.3, 0.4) is 0 Å². The van der Waals surface area contributed by atoms with E-state index in [2.05, 4.69) is 10.3 Å². The summed E-state index contributed by atoms with van der Waals surface area (Å²) in [4.78, 5) is 18.1. The van der Waals surface area contributed by atoms with Gasteiger partial charge in [-0.05, 0) is 44.5 Å². The molecule has 5 N–H and O–H groups in total. The molecule has 166 valence electrons. The molecule has 0 amide bonds. The van der Waals surface area contributed by atoms with Crippen molar-refractivity contribution in [2.45, 2.75) is 57.0 Å². The van der Waals surface area contributed by atoms with Gasteiger partial charge in [-0.2, -0.15) is 0 Å².